The van der Waals surface area contributed by atoms with Crippen LogP contribution in [0.2, 0.25) is 0 Å². The Labute approximate surface area is 109 Å². The molecule has 18 heavy (non-hydrogen) atoms. The van der Waals surface area contributed by atoms with E-state index in [0.717, 1.165) is 45.4 Å². The summed E-state index contributed by atoms with van der Waals surface area (Å²) in [6, 6.07) is 0. The molecule has 2 N–H and O–H groups in total. The minimum absolute atomic E-state index is 0.0953. The summed E-state index contributed by atoms with van der Waals surface area (Å²) in [6.07, 6.45) is 2.41. The van der Waals surface area contributed by atoms with E-state index in [0.29, 0.717) is 5.92 Å². The van der Waals surface area contributed by atoms with Crippen molar-refractivity contribution >= 4 is 5.91 Å². The van der Waals surface area contributed by atoms with Crippen LogP contribution in [0.5, 0.6) is 0 Å². The van der Waals surface area contributed by atoms with Gasteiger partial charge in [0.15, 0.2) is 0 Å². The number of piperazine rings is 1. The highest BCUT2D eigenvalue weighted by Crippen LogP contribution is 2.63. The molecule has 4 nitrogen and oxygen atoms in total. The SMILES string of the molecule is CC1(C)[C@H]2CC[C@](C(=O)N3CCNCC3)(C2)[C@@H]1O. The number of hydrogen-bond acceptors (Lipinski definition) is 3. The molecule has 0 radical (unpaired) electrons. The van der Waals surface area contributed by atoms with Gasteiger partial charge in [-0.1, -0.05) is 13.8 Å². The maximum atomic E-state index is 12.8. The molecular weight excluding hydrogens is 228 g/mol. The summed E-state index contributed by atoms with van der Waals surface area (Å²) in [5.41, 5.74) is -0.562. The number of nitrogens with one attached hydrogen (secondary N) is 1. The summed E-state index contributed by atoms with van der Waals surface area (Å²) in [5, 5.41) is 13.9. The Bertz CT molecular complexity index is 363. The normalized spacial score (nSPS) is 42.3. The first-order chi connectivity index (χ1) is 8.48. The first kappa shape index (κ1) is 12.4. The summed E-state index contributed by atoms with van der Waals surface area (Å²) in [4.78, 5) is 14.8. The lowest BCUT2D eigenvalue weighted by Gasteiger charge is -2.42. The van der Waals surface area contributed by atoms with Gasteiger partial charge in [0.05, 0.1) is 11.5 Å². The number of fused-ring (bicyclic) bond motifs is 2. The number of aliphatic hydroxyl groups excluding tert-OH is 1. The molecule has 3 fully saturated rings. The van der Waals surface area contributed by atoms with Crippen molar-refractivity contribution in [3.8, 4) is 0 Å². The van der Waals surface area contributed by atoms with Gasteiger partial charge in [0.1, 0.15) is 0 Å². The summed E-state index contributed by atoms with van der Waals surface area (Å²) >= 11 is 0. The summed E-state index contributed by atoms with van der Waals surface area (Å²) < 4.78 is 0. The van der Waals surface area contributed by atoms with Gasteiger partial charge in [-0.15, -0.1) is 0 Å². The Morgan fingerprint density at radius 2 is 2.00 bits per heavy atom. The predicted molar refractivity (Wildman–Crippen MR) is 69.0 cm³/mol. The van der Waals surface area contributed by atoms with Gasteiger partial charge in [-0.2, -0.15) is 0 Å². The lowest BCUT2D eigenvalue weighted by Crippen LogP contribution is -2.55. The van der Waals surface area contributed by atoms with Crippen LogP contribution in [0, 0.1) is 16.7 Å². The number of carbonyl (C=O) groups is 1. The monoisotopic (exact) mass is 252 g/mol. The fraction of sp³-hybridized carbons (Fsp3) is 0.929. The molecule has 4 heteroatoms. The van der Waals surface area contributed by atoms with Crippen molar-refractivity contribution in [3.63, 3.8) is 0 Å². The van der Waals surface area contributed by atoms with E-state index in [2.05, 4.69) is 19.2 Å². The number of carbonyl (C=O) groups excluding carboxylic acids is 1. The van der Waals surface area contributed by atoms with Gasteiger partial charge in [0, 0.05) is 26.2 Å². The van der Waals surface area contributed by atoms with Gasteiger partial charge in [0.2, 0.25) is 5.91 Å². The van der Waals surface area contributed by atoms with Gasteiger partial charge >= 0.3 is 0 Å². The fourth-order valence-corrected chi connectivity index (χ4v) is 4.39. The smallest absolute Gasteiger partial charge is 0.231 e. The van der Waals surface area contributed by atoms with E-state index in [1.54, 1.807) is 0 Å². The van der Waals surface area contributed by atoms with Crippen molar-refractivity contribution < 1.29 is 9.90 Å². The molecule has 2 bridgehead atoms. The van der Waals surface area contributed by atoms with Gasteiger partial charge < -0.3 is 15.3 Å². The second-order valence-corrected chi connectivity index (χ2v) is 6.86. The van der Waals surface area contributed by atoms with E-state index in [9.17, 15) is 9.90 Å². The van der Waals surface area contributed by atoms with Gasteiger partial charge in [-0.25, -0.2) is 0 Å². The fourth-order valence-electron chi connectivity index (χ4n) is 4.39. The molecule has 3 rings (SSSR count). The highest BCUT2D eigenvalue weighted by molar-refractivity contribution is 5.84. The number of rotatable bonds is 1. The number of hydrogen-bond donors (Lipinski definition) is 2. The topological polar surface area (TPSA) is 52.6 Å². The molecule has 0 aromatic rings. The predicted octanol–water partition coefficient (Wildman–Crippen LogP) is 0.605. The van der Waals surface area contributed by atoms with E-state index >= 15 is 0 Å². The standard InChI is InChI=1S/C14H24N2O2/c1-13(2)10-3-4-14(9-10,11(13)17)12(18)16-7-5-15-6-8-16/h10-11,15,17H,3-9H2,1-2H3/t10-,11+,14-/m0/s1. The molecule has 0 unspecified atom stereocenters. The second kappa shape index (κ2) is 3.94. The minimum Gasteiger partial charge on any atom is -0.391 e. The molecule has 0 aromatic carbocycles. The van der Waals surface area contributed by atoms with E-state index in [1.807, 2.05) is 4.90 Å². The third-order valence-electron chi connectivity index (χ3n) is 5.66. The zero-order chi connectivity index (χ0) is 13.0. The molecule has 2 saturated carbocycles. The molecule has 102 valence electrons. The summed E-state index contributed by atoms with van der Waals surface area (Å²) in [5.74, 6) is 0.726. The molecule has 1 aliphatic heterocycles. The van der Waals surface area contributed by atoms with Gasteiger partial charge in [0.25, 0.3) is 0 Å². The third-order valence-corrected chi connectivity index (χ3v) is 5.66. The first-order valence-corrected chi connectivity index (χ1v) is 7.17. The van der Waals surface area contributed by atoms with Crippen LogP contribution >= 0.6 is 0 Å². The maximum absolute atomic E-state index is 12.8. The van der Waals surface area contributed by atoms with Gasteiger partial charge in [-0.05, 0) is 30.6 Å². The number of amides is 1. The van der Waals surface area contributed by atoms with Crippen molar-refractivity contribution in [2.24, 2.45) is 16.7 Å². The molecule has 1 heterocycles. The summed E-state index contributed by atoms with van der Waals surface area (Å²) in [7, 11) is 0. The van der Waals surface area contributed by atoms with E-state index in [1.165, 1.54) is 0 Å². The summed E-state index contributed by atoms with van der Waals surface area (Å²) in [6.45, 7) is 7.58. The van der Waals surface area contributed by atoms with Crippen molar-refractivity contribution in [2.75, 3.05) is 26.2 Å². The Morgan fingerprint density at radius 1 is 1.33 bits per heavy atom. The maximum Gasteiger partial charge on any atom is 0.231 e. The zero-order valence-corrected chi connectivity index (χ0v) is 11.4. The van der Waals surface area contributed by atoms with Crippen molar-refractivity contribution in [1.82, 2.24) is 10.2 Å². The van der Waals surface area contributed by atoms with Crippen molar-refractivity contribution in [2.45, 2.75) is 39.2 Å². The van der Waals surface area contributed by atoms with Crippen LogP contribution in [0.4, 0.5) is 0 Å². The highest BCUT2D eigenvalue weighted by Gasteiger charge is 2.65. The molecule has 2 aliphatic carbocycles. The van der Waals surface area contributed by atoms with Crippen LogP contribution in [-0.2, 0) is 4.79 Å². The second-order valence-electron chi connectivity index (χ2n) is 6.86. The Hall–Kier alpha value is -0.610. The number of aliphatic hydroxyl groups is 1. The van der Waals surface area contributed by atoms with E-state index < -0.39 is 11.5 Å². The van der Waals surface area contributed by atoms with E-state index in [4.69, 9.17) is 0 Å². The van der Waals surface area contributed by atoms with E-state index in [-0.39, 0.29) is 11.3 Å². The Balaban J connectivity index is 1.84. The number of nitrogens with zero attached hydrogens (tertiary/aromatic N) is 1. The van der Waals surface area contributed by atoms with Crippen molar-refractivity contribution in [1.29, 1.82) is 0 Å². The van der Waals surface area contributed by atoms with Gasteiger partial charge in [-0.3, -0.25) is 4.79 Å². The Morgan fingerprint density at radius 3 is 2.56 bits per heavy atom. The molecule has 1 amide bonds. The molecular formula is C14H24N2O2. The minimum atomic E-state index is -0.467. The molecule has 0 aromatic heterocycles. The molecule has 1 saturated heterocycles. The highest BCUT2D eigenvalue weighted by atomic mass is 16.3. The largest absolute Gasteiger partial charge is 0.391 e. The average molecular weight is 252 g/mol. The quantitative estimate of drug-likeness (QED) is 0.719. The Kier molecular flexibility index (Phi) is 2.72. The van der Waals surface area contributed by atoms with Crippen LogP contribution in [0.1, 0.15) is 33.1 Å². The van der Waals surface area contributed by atoms with Crippen LogP contribution in [0.25, 0.3) is 0 Å². The average Bonchev–Trinajstić information content (AvgIpc) is 2.90. The zero-order valence-electron chi connectivity index (χ0n) is 11.4. The molecule has 3 aliphatic rings. The lowest BCUT2D eigenvalue weighted by molar-refractivity contribution is -0.152. The van der Waals surface area contributed by atoms with Crippen molar-refractivity contribution in [3.05, 3.63) is 0 Å². The van der Waals surface area contributed by atoms with Crippen LogP contribution in [0.15, 0.2) is 0 Å². The van der Waals surface area contributed by atoms with Crippen LogP contribution in [-0.4, -0.2) is 48.2 Å². The van der Waals surface area contributed by atoms with Crippen LogP contribution in [0.3, 0.4) is 0 Å². The molecule has 0 spiro atoms. The van der Waals surface area contributed by atoms with Crippen LogP contribution < -0.4 is 5.32 Å². The third kappa shape index (κ3) is 1.48. The lowest BCUT2D eigenvalue weighted by atomic mass is 9.69. The first-order valence-electron chi connectivity index (χ1n) is 7.17. The molecule has 3 atom stereocenters.